The van der Waals surface area contributed by atoms with Crippen LogP contribution in [-0.4, -0.2) is 19.3 Å². The third-order valence-electron chi connectivity index (χ3n) is 3.22. The maximum Gasteiger partial charge on any atom is 0.271 e. The molecule has 0 aromatic heterocycles. The second-order valence-electron chi connectivity index (χ2n) is 5.13. The van der Waals surface area contributed by atoms with E-state index in [1.807, 2.05) is 44.2 Å². The lowest BCUT2D eigenvalue weighted by Gasteiger charge is -2.15. The van der Waals surface area contributed by atoms with Gasteiger partial charge in [-0.2, -0.15) is 0 Å². The minimum absolute atomic E-state index is 0.0259. The van der Waals surface area contributed by atoms with Crippen molar-refractivity contribution < 1.29 is 8.42 Å². The van der Waals surface area contributed by atoms with Crippen LogP contribution in [0.1, 0.15) is 24.5 Å². The molecule has 0 spiro atoms. The van der Waals surface area contributed by atoms with Gasteiger partial charge >= 0.3 is 0 Å². The Morgan fingerprint density at radius 2 is 1.62 bits per heavy atom. The van der Waals surface area contributed by atoms with Crippen LogP contribution in [0.3, 0.4) is 0 Å². The fourth-order valence-electron chi connectivity index (χ4n) is 1.92. The molecule has 0 saturated heterocycles. The van der Waals surface area contributed by atoms with E-state index in [-0.39, 0.29) is 11.4 Å². The summed E-state index contributed by atoms with van der Waals surface area (Å²) in [5.74, 6) is 8.67. The van der Waals surface area contributed by atoms with Crippen LogP contribution in [0.5, 0.6) is 0 Å². The van der Waals surface area contributed by atoms with Crippen LogP contribution in [0, 0.1) is 30.7 Å². The Bertz CT molecular complexity index is 893. The van der Waals surface area contributed by atoms with Crippen molar-refractivity contribution in [3.05, 3.63) is 65.7 Å². The van der Waals surface area contributed by atoms with E-state index < -0.39 is 10.0 Å². The first-order chi connectivity index (χ1) is 11.5. The largest absolute Gasteiger partial charge is 0.271 e. The molecule has 0 radical (unpaired) electrons. The zero-order chi connectivity index (χ0) is 17.4. The fourth-order valence-corrected chi connectivity index (χ4v) is 3.08. The summed E-state index contributed by atoms with van der Waals surface area (Å²) in [5.41, 5.74) is 1.85. The van der Waals surface area contributed by atoms with Crippen LogP contribution in [-0.2, 0) is 10.0 Å². The molecule has 0 N–H and O–H groups in total. The topological polar surface area (TPSA) is 37.4 Å². The number of rotatable bonds is 3. The lowest BCUT2D eigenvalue weighted by atomic mass is 10.2. The van der Waals surface area contributed by atoms with Crippen LogP contribution in [0.4, 0.5) is 0 Å². The van der Waals surface area contributed by atoms with E-state index in [0.29, 0.717) is 6.42 Å². The molecular weight excluding hydrogens is 318 g/mol. The van der Waals surface area contributed by atoms with Crippen molar-refractivity contribution in [2.24, 2.45) is 0 Å². The average Bonchev–Trinajstić information content (AvgIpc) is 2.59. The predicted molar refractivity (Wildman–Crippen MR) is 96.5 cm³/mol. The van der Waals surface area contributed by atoms with E-state index >= 15 is 0 Å². The first-order valence-corrected chi connectivity index (χ1v) is 9.10. The average molecular weight is 337 g/mol. The summed E-state index contributed by atoms with van der Waals surface area (Å²) >= 11 is 0. The van der Waals surface area contributed by atoms with Crippen molar-refractivity contribution in [2.45, 2.75) is 25.2 Å². The van der Waals surface area contributed by atoms with Gasteiger partial charge in [0, 0.05) is 18.0 Å². The molecule has 0 aliphatic carbocycles. The normalized spacial score (nSPS) is 10.1. The molecule has 0 heterocycles. The van der Waals surface area contributed by atoms with Crippen LogP contribution in [0.15, 0.2) is 59.5 Å². The van der Waals surface area contributed by atoms with Crippen molar-refractivity contribution in [1.82, 2.24) is 4.31 Å². The summed E-state index contributed by atoms with van der Waals surface area (Å²) in [5, 5.41) is 0. The summed E-state index contributed by atoms with van der Waals surface area (Å²) in [6, 6.07) is 18.9. The monoisotopic (exact) mass is 337 g/mol. The van der Waals surface area contributed by atoms with Crippen molar-refractivity contribution in [3.8, 4) is 23.8 Å². The van der Waals surface area contributed by atoms with E-state index in [1.165, 1.54) is 0 Å². The lowest BCUT2D eigenvalue weighted by molar-refractivity contribution is 0.535. The Balaban J connectivity index is 2.28. The van der Waals surface area contributed by atoms with Gasteiger partial charge in [-0.05, 0) is 31.2 Å². The summed E-state index contributed by atoms with van der Waals surface area (Å²) in [4.78, 5) is 0.222. The van der Waals surface area contributed by atoms with Gasteiger partial charge in [-0.25, -0.2) is 12.7 Å². The molecule has 24 heavy (non-hydrogen) atoms. The summed E-state index contributed by atoms with van der Waals surface area (Å²) in [6.45, 7) is 3.81. The Hall–Kier alpha value is -2.69. The van der Waals surface area contributed by atoms with Gasteiger partial charge in [0.1, 0.15) is 6.54 Å². The highest BCUT2D eigenvalue weighted by Gasteiger charge is 2.21. The maximum absolute atomic E-state index is 12.7. The van der Waals surface area contributed by atoms with Gasteiger partial charge in [-0.1, -0.05) is 60.6 Å². The van der Waals surface area contributed by atoms with Crippen molar-refractivity contribution in [3.63, 3.8) is 0 Å². The van der Waals surface area contributed by atoms with Crippen LogP contribution in [0.25, 0.3) is 0 Å². The van der Waals surface area contributed by atoms with Gasteiger partial charge in [0.25, 0.3) is 10.0 Å². The second kappa shape index (κ2) is 8.24. The molecular formula is C20H19NO2S. The lowest BCUT2D eigenvalue weighted by Crippen LogP contribution is -2.27. The third-order valence-corrected chi connectivity index (χ3v) is 4.89. The molecule has 122 valence electrons. The van der Waals surface area contributed by atoms with Gasteiger partial charge in [0.05, 0.1) is 4.90 Å². The number of hydrogen-bond donors (Lipinski definition) is 0. The molecule has 0 atom stereocenters. The van der Waals surface area contributed by atoms with E-state index in [4.69, 9.17) is 0 Å². The molecule has 3 nitrogen and oxygen atoms in total. The predicted octanol–water partition coefficient (Wildman–Crippen LogP) is 3.41. The highest BCUT2D eigenvalue weighted by atomic mass is 32.2. The van der Waals surface area contributed by atoms with E-state index in [9.17, 15) is 8.42 Å². The first kappa shape index (κ1) is 17.7. The van der Waals surface area contributed by atoms with Crippen molar-refractivity contribution in [1.29, 1.82) is 0 Å². The van der Waals surface area contributed by atoms with Gasteiger partial charge < -0.3 is 0 Å². The zero-order valence-corrected chi connectivity index (χ0v) is 14.6. The fraction of sp³-hybridized carbons (Fsp3) is 0.200. The molecule has 0 bridgehead atoms. The SMILES string of the molecule is CCC#CN(CC#Cc1ccccc1)S(=O)(=O)c1ccc(C)cc1. The second-order valence-corrected chi connectivity index (χ2v) is 7.00. The van der Waals surface area contributed by atoms with Crippen LogP contribution < -0.4 is 0 Å². The Labute approximate surface area is 144 Å². The van der Waals surface area contributed by atoms with Gasteiger partial charge in [0.15, 0.2) is 0 Å². The molecule has 4 heteroatoms. The van der Waals surface area contributed by atoms with E-state index in [1.54, 1.807) is 24.3 Å². The summed E-state index contributed by atoms with van der Waals surface area (Å²) in [7, 11) is -3.69. The number of nitrogens with zero attached hydrogens (tertiary/aromatic N) is 1. The number of benzene rings is 2. The van der Waals surface area contributed by atoms with E-state index in [2.05, 4.69) is 23.8 Å². The van der Waals surface area contributed by atoms with Crippen molar-refractivity contribution >= 4 is 10.0 Å². The van der Waals surface area contributed by atoms with Crippen LogP contribution >= 0.6 is 0 Å². The third kappa shape index (κ3) is 4.65. The highest BCUT2D eigenvalue weighted by molar-refractivity contribution is 7.89. The molecule has 2 rings (SSSR count). The van der Waals surface area contributed by atoms with E-state index in [0.717, 1.165) is 15.4 Å². The summed E-state index contributed by atoms with van der Waals surface area (Å²) < 4.78 is 26.6. The minimum atomic E-state index is -3.69. The summed E-state index contributed by atoms with van der Waals surface area (Å²) in [6.07, 6.45) is 0.575. The number of sulfonamides is 1. The standard InChI is InChI=1S/C20H19NO2S/c1-3-4-16-21(17-8-11-19-9-6-5-7-10-19)24(22,23)20-14-12-18(2)13-15-20/h5-7,9-10,12-15H,3,17H2,1-2H3. The molecule has 0 saturated carbocycles. The first-order valence-electron chi connectivity index (χ1n) is 7.66. The van der Waals surface area contributed by atoms with Crippen LogP contribution in [0.2, 0.25) is 0 Å². The zero-order valence-electron chi connectivity index (χ0n) is 13.8. The molecule has 0 amide bonds. The number of hydrogen-bond acceptors (Lipinski definition) is 2. The molecule has 0 aliphatic heterocycles. The molecule has 0 unspecified atom stereocenters. The minimum Gasteiger partial charge on any atom is -0.212 e. The van der Waals surface area contributed by atoms with Crippen molar-refractivity contribution in [2.75, 3.05) is 6.54 Å². The molecule has 0 aliphatic rings. The Morgan fingerprint density at radius 3 is 2.25 bits per heavy atom. The molecule has 2 aromatic rings. The highest BCUT2D eigenvalue weighted by Crippen LogP contribution is 2.15. The Kier molecular flexibility index (Phi) is 6.07. The number of aryl methyl sites for hydroxylation is 1. The maximum atomic E-state index is 12.7. The molecule has 0 fully saturated rings. The quantitative estimate of drug-likeness (QED) is 0.636. The van der Waals surface area contributed by atoms with Gasteiger partial charge in [-0.3, -0.25) is 0 Å². The van der Waals surface area contributed by atoms with Gasteiger partial charge in [0.2, 0.25) is 0 Å². The Morgan fingerprint density at radius 1 is 0.958 bits per heavy atom. The smallest absolute Gasteiger partial charge is 0.212 e. The van der Waals surface area contributed by atoms with Gasteiger partial charge in [-0.15, -0.1) is 0 Å². The molecule has 2 aromatic carbocycles.